The van der Waals surface area contributed by atoms with E-state index < -0.39 is 53.5 Å². The van der Waals surface area contributed by atoms with Crippen molar-refractivity contribution in [1.82, 2.24) is 43.5 Å². The Morgan fingerprint density at radius 3 is 2.31 bits per heavy atom. The zero-order valence-corrected chi connectivity index (χ0v) is 28.0. The molecule has 0 saturated carbocycles. The van der Waals surface area contributed by atoms with Crippen LogP contribution in [0, 0.1) is 0 Å². The van der Waals surface area contributed by atoms with Gasteiger partial charge in [-0.25, -0.2) is 14.8 Å². The summed E-state index contributed by atoms with van der Waals surface area (Å²) >= 11 is 0. The van der Waals surface area contributed by atoms with Crippen molar-refractivity contribution >= 4 is 57.5 Å². The lowest BCUT2D eigenvalue weighted by Crippen LogP contribution is -2.42. The number of rotatable bonds is 10. The normalized spacial score (nSPS) is 18.7. The molecule has 6 rings (SSSR count). The number of fused-ring (bicyclic) bond motifs is 2. The summed E-state index contributed by atoms with van der Waals surface area (Å²) in [6.45, 7) is 5.86. The summed E-state index contributed by atoms with van der Waals surface area (Å²) in [4.78, 5) is 81.1. The number of amides is 3. The minimum Gasteiger partial charge on any atom is -0.387 e. The number of nitrogen functional groups attached to an aromatic ring is 1. The smallest absolute Gasteiger partial charge is 0.332 e. The lowest BCUT2D eigenvalue weighted by molar-refractivity contribution is -0.137. The van der Waals surface area contributed by atoms with Gasteiger partial charge in [-0.05, 0) is 38.5 Å². The molecular weight excluding hydrogens is 668 g/mol. The lowest BCUT2D eigenvalue weighted by Gasteiger charge is -2.16. The van der Waals surface area contributed by atoms with Gasteiger partial charge in [-0.3, -0.25) is 38.2 Å². The largest absolute Gasteiger partial charge is 0.387 e. The van der Waals surface area contributed by atoms with Gasteiger partial charge in [0.15, 0.2) is 35.0 Å². The second-order valence-corrected chi connectivity index (χ2v) is 11.7. The van der Waals surface area contributed by atoms with Crippen LogP contribution in [0.15, 0.2) is 40.2 Å². The monoisotopic (exact) mass is 704 g/mol. The number of anilines is 3. The van der Waals surface area contributed by atoms with Gasteiger partial charge in [-0.1, -0.05) is 12.1 Å². The van der Waals surface area contributed by atoms with E-state index >= 15 is 0 Å². The third-order valence-corrected chi connectivity index (χ3v) is 8.48. The molecule has 1 unspecified atom stereocenters. The SMILES string of the molecule is CCNC(=O)C1O[C@@H](n2cnc3c(N)nc(NC(=O)Cc4ccc(NC(=O)c5nc6c(c(=O)n(CC)c(=O)n6CC)n5C)cc4)nc32)[C@H](O)[C@@H]1O. The highest BCUT2D eigenvalue weighted by Gasteiger charge is 2.47. The zero-order chi connectivity index (χ0) is 36.7. The first kappa shape index (κ1) is 34.9. The van der Waals surface area contributed by atoms with Crippen LogP contribution in [-0.2, 0) is 40.9 Å². The lowest BCUT2D eigenvalue weighted by atomic mass is 10.1. The Hall–Kier alpha value is -5.99. The number of imidazole rings is 2. The molecule has 3 amide bonds. The van der Waals surface area contributed by atoms with Crippen molar-refractivity contribution in [1.29, 1.82) is 0 Å². The van der Waals surface area contributed by atoms with Gasteiger partial charge in [0.05, 0.1) is 12.7 Å². The van der Waals surface area contributed by atoms with Crippen molar-refractivity contribution in [2.75, 3.05) is 22.9 Å². The van der Waals surface area contributed by atoms with Gasteiger partial charge >= 0.3 is 5.69 Å². The van der Waals surface area contributed by atoms with Gasteiger partial charge in [0.2, 0.25) is 17.7 Å². The van der Waals surface area contributed by atoms with Crippen LogP contribution in [0.3, 0.4) is 0 Å². The maximum absolute atomic E-state index is 13.2. The topological polar surface area (TPSA) is 268 Å². The van der Waals surface area contributed by atoms with Crippen LogP contribution in [0.5, 0.6) is 0 Å². The first-order valence-electron chi connectivity index (χ1n) is 16.1. The molecule has 1 fully saturated rings. The average molecular weight is 705 g/mol. The number of aliphatic hydroxyl groups is 2. The van der Waals surface area contributed by atoms with E-state index in [-0.39, 0.29) is 59.4 Å². The fraction of sp³-hybridized carbons (Fsp3) is 0.387. The maximum atomic E-state index is 13.2. The standard InChI is InChI=1S/C31H36N12O8/c1-5-33-26(47)21-19(45)20(46)29(51-21)43-13-34-17-22(32)37-30(39-23(17)43)36-16(44)12-14-8-10-15(11-9-14)35-27(48)25-38-24-18(40(25)4)28(49)42(7-3)31(50)41(24)6-2/h8-11,13,19-21,29,45-46H,5-7,12H2,1-4H3,(H,33,47)(H,35,48)(H3,32,36,37,39,44)/t19-,20+,21?,29+/m0/s1. The average Bonchev–Trinajstić information content (AvgIpc) is 3.76. The predicted octanol–water partition coefficient (Wildman–Crippen LogP) is -1.15. The summed E-state index contributed by atoms with van der Waals surface area (Å²) in [5.41, 5.74) is 6.49. The molecule has 1 aromatic carbocycles. The number of aryl methyl sites for hydroxylation is 2. The molecule has 7 N–H and O–H groups in total. The molecule has 268 valence electrons. The third kappa shape index (κ3) is 6.19. The molecule has 0 radical (unpaired) electrons. The molecule has 0 spiro atoms. The van der Waals surface area contributed by atoms with Gasteiger partial charge in [0.25, 0.3) is 17.4 Å². The summed E-state index contributed by atoms with van der Waals surface area (Å²) in [6.07, 6.45) is -4.43. The van der Waals surface area contributed by atoms with Gasteiger partial charge in [0.1, 0.15) is 17.7 Å². The zero-order valence-electron chi connectivity index (χ0n) is 28.0. The molecule has 1 aliphatic rings. The molecule has 0 aliphatic carbocycles. The van der Waals surface area contributed by atoms with Crippen molar-refractivity contribution in [2.45, 2.75) is 64.8 Å². The van der Waals surface area contributed by atoms with Crippen LogP contribution < -0.4 is 32.9 Å². The molecule has 5 aromatic rings. The van der Waals surface area contributed by atoms with E-state index in [1.165, 1.54) is 27.1 Å². The molecule has 20 heteroatoms. The molecule has 20 nitrogen and oxygen atoms in total. The van der Waals surface area contributed by atoms with Crippen molar-refractivity contribution in [2.24, 2.45) is 7.05 Å². The van der Waals surface area contributed by atoms with Crippen molar-refractivity contribution in [3.8, 4) is 0 Å². The quantitative estimate of drug-likeness (QED) is 0.100. The Morgan fingerprint density at radius 2 is 1.65 bits per heavy atom. The van der Waals surface area contributed by atoms with E-state index in [0.717, 1.165) is 4.57 Å². The Bertz CT molecular complexity index is 2290. The van der Waals surface area contributed by atoms with Gasteiger partial charge in [-0.2, -0.15) is 9.97 Å². The number of likely N-dealkylation sites (N-methyl/N-ethyl adjacent to an activating group) is 1. The molecule has 0 bridgehead atoms. The number of aromatic nitrogens is 8. The highest BCUT2D eigenvalue weighted by molar-refractivity contribution is 6.03. The molecule has 4 aromatic heterocycles. The molecule has 1 saturated heterocycles. The summed E-state index contributed by atoms with van der Waals surface area (Å²) in [6, 6.07) is 6.43. The Balaban J connectivity index is 1.14. The maximum Gasteiger partial charge on any atom is 0.332 e. The summed E-state index contributed by atoms with van der Waals surface area (Å²) in [7, 11) is 1.53. The fourth-order valence-corrected chi connectivity index (χ4v) is 5.94. The van der Waals surface area contributed by atoms with Gasteiger partial charge in [-0.15, -0.1) is 0 Å². The third-order valence-electron chi connectivity index (χ3n) is 8.48. The molecule has 51 heavy (non-hydrogen) atoms. The number of nitrogens with one attached hydrogen (secondary N) is 3. The van der Waals surface area contributed by atoms with Crippen molar-refractivity contribution in [3.05, 3.63) is 62.8 Å². The van der Waals surface area contributed by atoms with E-state index in [1.54, 1.807) is 45.0 Å². The summed E-state index contributed by atoms with van der Waals surface area (Å²) in [5.74, 6) is -2.00. The number of nitrogens with two attached hydrogens (primary N) is 1. The van der Waals surface area contributed by atoms with Crippen molar-refractivity contribution in [3.63, 3.8) is 0 Å². The number of benzene rings is 1. The van der Waals surface area contributed by atoms with Crippen LogP contribution in [0.2, 0.25) is 0 Å². The number of aliphatic hydroxyl groups excluding tert-OH is 2. The highest BCUT2D eigenvalue weighted by atomic mass is 16.6. The van der Waals surface area contributed by atoms with Gasteiger partial charge < -0.3 is 35.9 Å². The second-order valence-electron chi connectivity index (χ2n) is 11.7. The number of ether oxygens (including phenoxy) is 1. The van der Waals surface area contributed by atoms with Gasteiger partial charge in [0, 0.05) is 32.4 Å². The van der Waals surface area contributed by atoms with E-state index in [1.807, 2.05) is 0 Å². The minimum absolute atomic E-state index is 0.0643. The second kappa shape index (κ2) is 13.7. The highest BCUT2D eigenvalue weighted by Crippen LogP contribution is 2.32. The van der Waals surface area contributed by atoms with Crippen LogP contribution in [0.25, 0.3) is 22.3 Å². The first-order chi connectivity index (χ1) is 24.4. The Morgan fingerprint density at radius 1 is 0.941 bits per heavy atom. The Kier molecular flexibility index (Phi) is 9.38. The molecular formula is C31H36N12O8. The predicted molar refractivity (Wildman–Crippen MR) is 182 cm³/mol. The van der Waals surface area contributed by atoms with Crippen LogP contribution in [-0.4, -0.2) is 91.0 Å². The number of nitrogens with zero attached hydrogens (tertiary/aromatic N) is 8. The fourth-order valence-electron chi connectivity index (χ4n) is 5.94. The van der Waals surface area contributed by atoms with E-state index in [2.05, 4.69) is 35.9 Å². The number of hydrogen-bond acceptors (Lipinski definition) is 13. The van der Waals surface area contributed by atoms with Crippen LogP contribution in [0.4, 0.5) is 17.5 Å². The summed E-state index contributed by atoms with van der Waals surface area (Å²) < 4.78 is 10.7. The van der Waals surface area contributed by atoms with E-state index in [4.69, 9.17) is 10.5 Å². The number of carbonyl (C=O) groups excluding carboxylic acids is 3. The van der Waals surface area contributed by atoms with Crippen LogP contribution >= 0.6 is 0 Å². The number of hydrogen-bond donors (Lipinski definition) is 6. The first-order valence-corrected chi connectivity index (χ1v) is 16.1. The number of carbonyl (C=O) groups is 3. The van der Waals surface area contributed by atoms with Crippen molar-refractivity contribution < 1.29 is 29.3 Å². The molecule has 5 heterocycles. The minimum atomic E-state index is -1.52. The van der Waals surface area contributed by atoms with E-state index in [0.29, 0.717) is 17.8 Å². The molecule has 1 aliphatic heterocycles. The molecule has 4 atom stereocenters. The summed E-state index contributed by atoms with van der Waals surface area (Å²) in [5, 5.41) is 28.9. The Labute approximate surface area is 287 Å². The van der Waals surface area contributed by atoms with Crippen LogP contribution in [0.1, 0.15) is 43.2 Å². The van der Waals surface area contributed by atoms with E-state index in [9.17, 15) is 34.2 Å².